The summed E-state index contributed by atoms with van der Waals surface area (Å²) in [4.78, 5) is 44.3. The second-order valence-corrected chi connectivity index (χ2v) is 9.33. The molecule has 1 amide bonds. The van der Waals surface area contributed by atoms with Crippen LogP contribution in [0.15, 0.2) is 54.1 Å². The van der Waals surface area contributed by atoms with Gasteiger partial charge in [-0.1, -0.05) is 36.8 Å². The topological polar surface area (TPSA) is 106 Å². The van der Waals surface area contributed by atoms with E-state index < -0.39 is 35.3 Å². The Kier molecular flexibility index (Phi) is 7.68. The maximum Gasteiger partial charge on any atom is 0.350 e. The molecule has 1 aliphatic heterocycles. The van der Waals surface area contributed by atoms with E-state index in [1.165, 1.54) is 31.4 Å². The van der Waals surface area contributed by atoms with E-state index in [2.05, 4.69) is 11.9 Å². The molecule has 0 aliphatic carbocycles. The van der Waals surface area contributed by atoms with Gasteiger partial charge < -0.3 is 14.6 Å². The number of carbonyl (C=O) groups excluding carboxylic acids is 3. The molecule has 1 atom stereocenters. The highest BCUT2D eigenvalue weighted by molar-refractivity contribution is 7.17. The lowest BCUT2D eigenvalue weighted by molar-refractivity contribution is -0.132. The van der Waals surface area contributed by atoms with Crippen LogP contribution in [0.4, 0.5) is 9.52 Å². The van der Waals surface area contributed by atoms with Crippen LogP contribution in [-0.2, 0) is 14.3 Å². The zero-order valence-corrected chi connectivity index (χ0v) is 21.3. The van der Waals surface area contributed by atoms with Crippen LogP contribution in [0, 0.1) is 12.7 Å². The van der Waals surface area contributed by atoms with Crippen LogP contribution in [0.5, 0.6) is 5.75 Å². The lowest BCUT2D eigenvalue weighted by Gasteiger charge is -2.23. The largest absolute Gasteiger partial charge is 0.507 e. The van der Waals surface area contributed by atoms with Crippen molar-refractivity contribution in [2.45, 2.75) is 32.7 Å². The highest BCUT2D eigenvalue weighted by Crippen LogP contribution is 2.44. The Morgan fingerprint density at radius 1 is 1.14 bits per heavy atom. The Balaban J connectivity index is 1.81. The van der Waals surface area contributed by atoms with E-state index in [9.17, 15) is 23.9 Å². The number of aromatic nitrogens is 1. The molecular formula is C27H25FN2O6S. The van der Waals surface area contributed by atoms with Gasteiger partial charge in [0.1, 0.15) is 22.2 Å². The molecule has 0 bridgehead atoms. The molecule has 8 nitrogen and oxygen atoms in total. The minimum Gasteiger partial charge on any atom is -0.507 e. The number of anilines is 1. The number of ether oxygens (including phenoxy) is 2. The van der Waals surface area contributed by atoms with E-state index in [4.69, 9.17) is 9.47 Å². The van der Waals surface area contributed by atoms with Gasteiger partial charge in [-0.2, -0.15) is 0 Å². The number of carbonyl (C=O) groups is 3. The van der Waals surface area contributed by atoms with Gasteiger partial charge in [0.25, 0.3) is 5.78 Å². The van der Waals surface area contributed by atoms with Crippen LogP contribution in [0.3, 0.4) is 0 Å². The van der Waals surface area contributed by atoms with E-state index in [-0.39, 0.29) is 15.6 Å². The number of rotatable bonds is 8. The van der Waals surface area contributed by atoms with Gasteiger partial charge in [-0.25, -0.2) is 14.2 Å². The third kappa shape index (κ3) is 5.10. The number of ketones is 1. The first-order chi connectivity index (χ1) is 17.8. The van der Waals surface area contributed by atoms with Crippen molar-refractivity contribution in [3.05, 3.63) is 81.6 Å². The fourth-order valence-corrected chi connectivity index (χ4v) is 4.97. The Morgan fingerprint density at radius 3 is 2.43 bits per heavy atom. The minimum atomic E-state index is -1.10. The number of hydrogen-bond acceptors (Lipinski definition) is 8. The molecule has 3 aromatic rings. The van der Waals surface area contributed by atoms with E-state index >= 15 is 0 Å². The maximum atomic E-state index is 13.7. The van der Waals surface area contributed by atoms with Crippen LogP contribution in [-0.4, -0.2) is 41.5 Å². The molecule has 1 aliphatic rings. The van der Waals surface area contributed by atoms with E-state index in [1.54, 1.807) is 31.2 Å². The van der Waals surface area contributed by atoms with Gasteiger partial charge in [0, 0.05) is 5.56 Å². The smallest absolute Gasteiger partial charge is 0.350 e. The molecule has 10 heteroatoms. The van der Waals surface area contributed by atoms with E-state index in [0.717, 1.165) is 29.1 Å². The average Bonchev–Trinajstić information content (AvgIpc) is 3.40. The number of benzene rings is 2. The Hall–Kier alpha value is -4.05. The molecular weight excluding hydrogens is 499 g/mol. The van der Waals surface area contributed by atoms with Gasteiger partial charge >= 0.3 is 11.9 Å². The molecule has 1 fully saturated rings. The third-order valence-electron chi connectivity index (χ3n) is 5.89. The van der Waals surface area contributed by atoms with E-state index in [1.807, 2.05) is 0 Å². The summed E-state index contributed by atoms with van der Waals surface area (Å²) < 4.78 is 24.2. The van der Waals surface area contributed by atoms with Crippen molar-refractivity contribution in [3.8, 4) is 5.75 Å². The molecule has 4 rings (SSSR count). The minimum absolute atomic E-state index is 0.0769. The molecule has 2 heterocycles. The number of Topliss-reactive ketones (excluding diaryl/α,β-unsaturated/α-hetero) is 1. The number of methoxy groups -OCH3 is 1. The molecule has 0 spiro atoms. The standard InChI is InChI=1S/C27H25FN2O6S/c1-4-5-14-36-19-12-8-17(9-13-19)22(31)20-21(16-6-10-18(28)11-7-16)30(25(33)23(20)32)27-29-15(2)24(37-27)26(34)35-3/h6-13,21,31H,4-5,14H2,1-3H3/t21-/m0/s1. The van der Waals surface area contributed by atoms with Gasteiger partial charge in [-0.3, -0.25) is 14.5 Å². The summed E-state index contributed by atoms with van der Waals surface area (Å²) in [7, 11) is 1.23. The Morgan fingerprint density at radius 2 is 1.81 bits per heavy atom. The number of hydrogen-bond donors (Lipinski definition) is 1. The third-order valence-corrected chi connectivity index (χ3v) is 7.02. The molecule has 0 unspecified atom stereocenters. The highest BCUT2D eigenvalue weighted by Gasteiger charge is 2.48. The number of esters is 1. The van der Waals surface area contributed by atoms with Gasteiger partial charge in [-0.05, 0) is 55.3 Å². The summed E-state index contributed by atoms with van der Waals surface area (Å²) in [6.07, 6.45) is 1.89. The van der Waals surface area contributed by atoms with Crippen molar-refractivity contribution in [3.63, 3.8) is 0 Å². The summed E-state index contributed by atoms with van der Waals surface area (Å²) in [5.74, 6) is -2.77. The van der Waals surface area contributed by atoms with Gasteiger partial charge in [0.15, 0.2) is 5.13 Å². The van der Waals surface area contributed by atoms with Crippen LogP contribution >= 0.6 is 11.3 Å². The highest BCUT2D eigenvalue weighted by atomic mass is 32.1. The number of aryl methyl sites for hydroxylation is 1. The summed E-state index contributed by atoms with van der Waals surface area (Å²) in [6, 6.07) is 10.7. The predicted octanol–water partition coefficient (Wildman–Crippen LogP) is 5.18. The van der Waals surface area contributed by atoms with Crippen molar-refractivity contribution in [1.82, 2.24) is 4.98 Å². The predicted molar refractivity (Wildman–Crippen MR) is 136 cm³/mol. The maximum absolute atomic E-state index is 13.7. The molecule has 192 valence electrons. The van der Waals surface area contributed by atoms with Gasteiger partial charge in [0.05, 0.1) is 31.0 Å². The van der Waals surface area contributed by atoms with Gasteiger partial charge in [-0.15, -0.1) is 0 Å². The number of aliphatic hydroxyl groups excluding tert-OH is 1. The van der Waals surface area contributed by atoms with Crippen molar-refractivity contribution in [1.29, 1.82) is 0 Å². The fraction of sp³-hybridized carbons (Fsp3) is 0.259. The summed E-state index contributed by atoms with van der Waals surface area (Å²) >= 11 is 0.890. The van der Waals surface area contributed by atoms with Crippen LogP contribution in [0.25, 0.3) is 5.76 Å². The SMILES string of the molecule is CCCCOc1ccc(C(O)=C2C(=O)C(=O)N(c3nc(C)c(C(=O)OC)s3)[C@H]2c2ccc(F)cc2)cc1. The van der Waals surface area contributed by atoms with Crippen molar-refractivity contribution >= 4 is 39.9 Å². The molecule has 1 saturated heterocycles. The van der Waals surface area contributed by atoms with Crippen molar-refractivity contribution in [2.75, 3.05) is 18.6 Å². The first-order valence-electron chi connectivity index (χ1n) is 11.6. The summed E-state index contributed by atoms with van der Waals surface area (Å²) in [5.41, 5.74) is 0.835. The van der Waals surface area contributed by atoms with Crippen molar-refractivity contribution in [2.24, 2.45) is 0 Å². The Bertz CT molecular complexity index is 1360. The molecule has 1 N–H and O–H groups in total. The molecule has 2 aromatic carbocycles. The zero-order chi connectivity index (χ0) is 26.7. The van der Waals surface area contributed by atoms with Crippen LogP contribution < -0.4 is 9.64 Å². The quantitative estimate of drug-likeness (QED) is 0.142. The lowest BCUT2D eigenvalue weighted by Crippen LogP contribution is -2.29. The van der Waals surface area contributed by atoms with Crippen molar-refractivity contribution < 1.29 is 33.4 Å². The van der Waals surface area contributed by atoms with E-state index in [0.29, 0.717) is 29.2 Å². The second kappa shape index (κ2) is 10.9. The molecule has 0 saturated carbocycles. The molecule has 37 heavy (non-hydrogen) atoms. The number of unbranched alkanes of at least 4 members (excludes halogenated alkanes) is 1. The number of amides is 1. The number of aliphatic hydroxyl groups is 1. The zero-order valence-electron chi connectivity index (χ0n) is 20.5. The number of halogens is 1. The monoisotopic (exact) mass is 524 g/mol. The fourth-order valence-electron chi connectivity index (χ4n) is 3.96. The van der Waals surface area contributed by atoms with Gasteiger partial charge in [0.2, 0.25) is 0 Å². The number of thiazole rings is 1. The first-order valence-corrected chi connectivity index (χ1v) is 12.4. The van der Waals surface area contributed by atoms with Crippen LogP contribution in [0.2, 0.25) is 0 Å². The lowest BCUT2D eigenvalue weighted by atomic mass is 9.95. The molecule has 1 aromatic heterocycles. The Labute approximate surface area is 217 Å². The summed E-state index contributed by atoms with van der Waals surface area (Å²) in [6.45, 7) is 4.19. The first kappa shape index (κ1) is 26.0. The average molecular weight is 525 g/mol. The molecule has 0 radical (unpaired) electrons. The second-order valence-electron chi connectivity index (χ2n) is 8.35. The normalized spacial score (nSPS) is 16.8. The summed E-state index contributed by atoms with van der Waals surface area (Å²) in [5, 5.41) is 11.3. The van der Waals surface area contributed by atoms with Crippen LogP contribution in [0.1, 0.15) is 52.3 Å². The number of nitrogens with zero attached hydrogens (tertiary/aromatic N) is 2.